The fourth-order valence-electron chi connectivity index (χ4n) is 2.31. The Balaban J connectivity index is 1.54. The van der Waals surface area contributed by atoms with Gasteiger partial charge in [-0.15, -0.1) is 11.3 Å². The number of rotatable bonds is 5. The molecule has 0 saturated carbocycles. The molecule has 1 aromatic carbocycles. The first-order chi connectivity index (χ1) is 10.8. The average molecular weight is 318 g/mol. The van der Waals surface area contributed by atoms with Crippen molar-refractivity contribution in [2.24, 2.45) is 0 Å². The van der Waals surface area contributed by atoms with Crippen LogP contribution in [0.3, 0.4) is 0 Å². The van der Waals surface area contributed by atoms with Crippen LogP contribution in [0.5, 0.6) is 11.5 Å². The molecule has 22 heavy (non-hydrogen) atoms. The van der Waals surface area contributed by atoms with Crippen molar-refractivity contribution >= 4 is 17.4 Å². The average Bonchev–Trinajstić information content (AvgIpc) is 3.21. The molecule has 2 aromatic rings. The molecular formula is C16H18N2O3S. The van der Waals surface area contributed by atoms with E-state index in [4.69, 9.17) is 9.47 Å². The number of nitrogens with one attached hydrogen (secondary N) is 2. The lowest BCUT2D eigenvalue weighted by atomic mass is 10.2. The first kappa shape index (κ1) is 14.7. The summed E-state index contributed by atoms with van der Waals surface area (Å²) in [5.41, 5.74) is 0.976. The van der Waals surface area contributed by atoms with Gasteiger partial charge in [-0.1, -0.05) is 19.1 Å². The molecule has 6 heteroatoms. The summed E-state index contributed by atoms with van der Waals surface area (Å²) in [4.78, 5) is 13.2. The Labute approximate surface area is 133 Å². The number of urea groups is 1. The highest BCUT2D eigenvalue weighted by Gasteiger charge is 2.15. The Kier molecular flexibility index (Phi) is 4.48. The van der Waals surface area contributed by atoms with E-state index >= 15 is 0 Å². The topological polar surface area (TPSA) is 59.6 Å². The summed E-state index contributed by atoms with van der Waals surface area (Å²) in [6.45, 7) is 2.76. The van der Waals surface area contributed by atoms with Gasteiger partial charge in [0.25, 0.3) is 0 Å². The van der Waals surface area contributed by atoms with E-state index in [9.17, 15) is 4.79 Å². The third kappa shape index (κ3) is 3.33. The second-order valence-corrected chi connectivity index (χ2v) is 5.97. The summed E-state index contributed by atoms with van der Waals surface area (Å²) in [5, 5.41) is 7.89. The van der Waals surface area contributed by atoms with Gasteiger partial charge >= 0.3 is 6.03 Å². The molecule has 0 aliphatic carbocycles. The zero-order chi connectivity index (χ0) is 15.4. The second-order valence-electron chi connectivity index (χ2n) is 4.99. The largest absolute Gasteiger partial charge is 0.454 e. The summed E-state index contributed by atoms with van der Waals surface area (Å²) in [6, 6.07) is 9.59. The molecule has 116 valence electrons. The van der Waals surface area contributed by atoms with Crippen LogP contribution >= 0.6 is 11.3 Å². The number of thiophene rings is 1. The molecule has 5 nitrogen and oxygen atoms in total. The Morgan fingerprint density at radius 1 is 1.32 bits per heavy atom. The molecular weight excluding hydrogens is 300 g/mol. The number of hydrogen-bond acceptors (Lipinski definition) is 4. The molecule has 0 saturated heterocycles. The van der Waals surface area contributed by atoms with Crippen molar-refractivity contribution in [3.63, 3.8) is 0 Å². The van der Waals surface area contributed by atoms with E-state index in [-0.39, 0.29) is 18.9 Å². The molecule has 1 atom stereocenters. The van der Waals surface area contributed by atoms with Gasteiger partial charge < -0.3 is 20.1 Å². The Morgan fingerprint density at radius 2 is 2.18 bits per heavy atom. The van der Waals surface area contributed by atoms with Gasteiger partial charge in [0.15, 0.2) is 11.5 Å². The summed E-state index contributed by atoms with van der Waals surface area (Å²) in [7, 11) is 0. The van der Waals surface area contributed by atoms with Crippen LogP contribution in [-0.2, 0) is 6.54 Å². The maximum Gasteiger partial charge on any atom is 0.315 e. The summed E-state index contributed by atoms with van der Waals surface area (Å²) >= 11 is 1.65. The van der Waals surface area contributed by atoms with Gasteiger partial charge in [0.2, 0.25) is 6.79 Å². The predicted octanol–water partition coefficient (Wildman–Crippen LogP) is 3.43. The summed E-state index contributed by atoms with van der Waals surface area (Å²) in [5.74, 6) is 1.47. The Morgan fingerprint density at radius 3 is 2.95 bits per heavy atom. The van der Waals surface area contributed by atoms with Crippen LogP contribution in [0.1, 0.15) is 29.8 Å². The highest BCUT2D eigenvalue weighted by Crippen LogP contribution is 2.32. The molecule has 3 rings (SSSR count). The van der Waals surface area contributed by atoms with Crippen LogP contribution in [0.25, 0.3) is 0 Å². The third-order valence-electron chi connectivity index (χ3n) is 3.49. The zero-order valence-electron chi connectivity index (χ0n) is 12.3. The van der Waals surface area contributed by atoms with E-state index in [0.717, 1.165) is 23.5 Å². The molecule has 0 unspecified atom stereocenters. The minimum absolute atomic E-state index is 0.0525. The van der Waals surface area contributed by atoms with Crippen molar-refractivity contribution in [2.75, 3.05) is 6.79 Å². The number of benzene rings is 1. The second kappa shape index (κ2) is 6.70. The quantitative estimate of drug-likeness (QED) is 0.888. The van der Waals surface area contributed by atoms with Gasteiger partial charge in [0, 0.05) is 11.4 Å². The minimum Gasteiger partial charge on any atom is -0.454 e. The maximum atomic E-state index is 12.0. The highest BCUT2D eigenvalue weighted by atomic mass is 32.1. The van der Waals surface area contributed by atoms with Crippen molar-refractivity contribution in [1.29, 1.82) is 0 Å². The van der Waals surface area contributed by atoms with Crippen LogP contribution < -0.4 is 20.1 Å². The summed E-state index contributed by atoms with van der Waals surface area (Å²) < 4.78 is 10.6. The molecule has 0 fully saturated rings. The van der Waals surface area contributed by atoms with Crippen LogP contribution in [0.4, 0.5) is 4.79 Å². The van der Waals surface area contributed by atoms with Gasteiger partial charge in [0.05, 0.1) is 6.04 Å². The lowest BCUT2D eigenvalue weighted by molar-refractivity contribution is 0.174. The van der Waals surface area contributed by atoms with Gasteiger partial charge in [-0.05, 0) is 35.6 Å². The van der Waals surface area contributed by atoms with Crippen molar-refractivity contribution in [2.45, 2.75) is 25.9 Å². The molecule has 0 spiro atoms. The molecule has 0 radical (unpaired) electrons. The molecule has 2 heterocycles. The minimum atomic E-state index is -0.169. The number of carbonyl (C=O) groups excluding carboxylic acids is 1. The van der Waals surface area contributed by atoms with Gasteiger partial charge in [-0.25, -0.2) is 4.79 Å². The molecule has 2 amide bonds. The van der Waals surface area contributed by atoms with Crippen molar-refractivity contribution in [3.05, 3.63) is 46.2 Å². The first-order valence-electron chi connectivity index (χ1n) is 7.22. The van der Waals surface area contributed by atoms with Crippen LogP contribution in [0, 0.1) is 0 Å². The molecule has 1 aromatic heterocycles. The number of ether oxygens (including phenoxy) is 2. The van der Waals surface area contributed by atoms with Gasteiger partial charge in [-0.2, -0.15) is 0 Å². The van der Waals surface area contributed by atoms with Crippen LogP contribution in [-0.4, -0.2) is 12.8 Å². The molecule has 0 bridgehead atoms. The number of hydrogen-bond donors (Lipinski definition) is 2. The normalized spacial score (nSPS) is 13.7. The van der Waals surface area contributed by atoms with Crippen LogP contribution in [0.15, 0.2) is 35.7 Å². The molecule has 2 N–H and O–H groups in total. The van der Waals surface area contributed by atoms with Crippen LogP contribution in [0.2, 0.25) is 0 Å². The molecule has 1 aliphatic rings. The zero-order valence-corrected chi connectivity index (χ0v) is 13.1. The monoisotopic (exact) mass is 318 g/mol. The fourth-order valence-corrected chi connectivity index (χ4v) is 3.17. The predicted molar refractivity (Wildman–Crippen MR) is 85.3 cm³/mol. The Bertz CT molecular complexity index is 643. The van der Waals surface area contributed by atoms with Gasteiger partial charge in [0.1, 0.15) is 0 Å². The fraction of sp³-hybridized carbons (Fsp3) is 0.312. The highest BCUT2D eigenvalue weighted by molar-refractivity contribution is 7.10. The number of carbonyl (C=O) groups is 1. The smallest absolute Gasteiger partial charge is 0.315 e. The van der Waals surface area contributed by atoms with Gasteiger partial charge in [-0.3, -0.25) is 0 Å². The number of fused-ring (bicyclic) bond motifs is 1. The van der Waals surface area contributed by atoms with E-state index < -0.39 is 0 Å². The first-order valence-corrected chi connectivity index (χ1v) is 8.10. The van der Waals surface area contributed by atoms with Crippen molar-refractivity contribution in [3.8, 4) is 11.5 Å². The van der Waals surface area contributed by atoms with E-state index in [1.807, 2.05) is 35.7 Å². The lowest BCUT2D eigenvalue weighted by Gasteiger charge is -2.16. The number of amides is 2. The standard InChI is InChI=1S/C16H18N2O3S/c1-2-12(15-4-3-7-22-15)18-16(19)17-9-11-5-6-13-14(8-11)21-10-20-13/h3-8,12H,2,9-10H2,1H3,(H2,17,18,19)/t12-/m1/s1. The maximum absolute atomic E-state index is 12.0. The van der Waals surface area contributed by atoms with E-state index in [0.29, 0.717) is 6.54 Å². The molecule has 1 aliphatic heterocycles. The van der Waals surface area contributed by atoms with E-state index in [1.54, 1.807) is 11.3 Å². The Hall–Kier alpha value is -2.21. The van der Waals surface area contributed by atoms with Crippen molar-refractivity contribution < 1.29 is 14.3 Å². The van der Waals surface area contributed by atoms with E-state index in [1.165, 1.54) is 4.88 Å². The van der Waals surface area contributed by atoms with E-state index in [2.05, 4.69) is 17.6 Å². The van der Waals surface area contributed by atoms with Crippen molar-refractivity contribution in [1.82, 2.24) is 10.6 Å². The lowest BCUT2D eigenvalue weighted by Crippen LogP contribution is -2.37. The third-order valence-corrected chi connectivity index (χ3v) is 4.48. The summed E-state index contributed by atoms with van der Waals surface area (Å²) in [6.07, 6.45) is 0.859. The SMILES string of the molecule is CC[C@@H](NC(=O)NCc1ccc2c(c1)OCO2)c1cccs1.